The molecule has 1 aliphatic carbocycles. The molecule has 0 heterocycles. The maximum atomic E-state index is 13.5. The van der Waals surface area contributed by atoms with Crippen molar-refractivity contribution in [3.05, 3.63) is 64.4 Å². The van der Waals surface area contributed by atoms with Crippen LogP contribution in [0.25, 0.3) is 0 Å². The van der Waals surface area contributed by atoms with Crippen LogP contribution in [0.5, 0.6) is 0 Å². The van der Waals surface area contributed by atoms with Gasteiger partial charge in [0.15, 0.2) is 0 Å². The second kappa shape index (κ2) is 5.33. The van der Waals surface area contributed by atoms with Gasteiger partial charge in [0.25, 0.3) is 0 Å². The van der Waals surface area contributed by atoms with Crippen molar-refractivity contribution in [2.45, 2.75) is 24.8 Å². The normalized spacial score (nSPS) is 21.8. The van der Waals surface area contributed by atoms with E-state index < -0.39 is 0 Å². The lowest BCUT2D eigenvalue weighted by Gasteiger charge is -2.37. The fourth-order valence-electron chi connectivity index (χ4n) is 2.54. The highest BCUT2D eigenvalue weighted by Crippen LogP contribution is 2.39. The molecule has 1 aliphatic rings. The van der Waals surface area contributed by atoms with Crippen LogP contribution in [-0.2, 0) is 0 Å². The van der Waals surface area contributed by atoms with E-state index in [-0.39, 0.29) is 5.82 Å². The molecule has 1 N–H and O–H groups in total. The highest BCUT2D eigenvalue weighted by Gasteiger charge is 2.30. The Hall–Kier alpha value is -1.35. The number of anilines is 1. The number of hydrogen-bond donors (Lipinski definition) is 1. The Labute approximate surface area is 121 Å². The van der Waals surface area contributed by atoms with Crippen molar-refractivity contribution in [1.29, 1.82) is 0 Å². The zero-order chi connectivity index (χ0) is 13.2. The minimum atomic E-state index is -0.172. The van der Waals surface area contributed by atoms with Crippen LogP contribution in [0, 0.1) is 5.82 Å². The van der Waals surface area contributed by atoms with Gasteiger partial charge in [0.2, 0.25) is 0 Å². The first kappa shape index (κ1) is 12.7. The molecular formula is C16H15BrFN. The van der Waals surface area contributed by atoms with Gasteiger partial charge in [0, 0.05) is 10.5 Å². The van der Waals surface area contributed by atoms with Gasteiger partial charge in [-0.3, -0.25) is 0 Å². The standard InChI is InChI=1S/C16H15BrFN/c17-13-7-5-11(6-8-13)12-9-14(10-12)19-16-4-2-1-3-15(16)18/h1-8,12,14,19H,9-10H2. The summed E-state index contributed by atoms with van der Waals surface area (Å²) >= 11 is 3.44. The first-order valence-corrected chi connectivity index (χ1v) is 7.28. The minimum absolute atomic E-state index is 0.172. The first-order valence-electron chi connectivity index (χ1n) is 6.49. The molecule has 0 radical (unpaired) electrons. The summed E-state index contributed by atoms with van der Waals surface area (Å²) in [6.07, 6.45) is 2.13. The summed E-state index contributed by atoms with van der Waals surface area (Å²) in [7, 11) is 0. The topological polar surface area (TPSA) is 12.0 Å². The molecule has 1 saturated carbocycles. The molecule has 98 valence electrons. The summed E-state index contributed by atoms with van der Waals surface area (Å²) in [6.45, 7) is 0. The zero-order valence-electron chi connectivity index (χ0n) is 10.4. The van der Waals surface area contributed by atoms with E-state index in [0.29, 0.717) is 17.6 Å². The van der Waals surface area contributed by atoms with E-state index in [1.54, 1.807) is 12.1 Å². The van der Waals surface area contributed by atoms with Crippen LogP contribution in [0.2, 0.25) is 0 Å². The largest absolute Gasteiger partial charge is 0.380 e. The Bertz CT molecular complexity index is 561. The van der Waals surface area contributed by atoms with Crippen molar-refractivity contribution >= 4 is 21.6 Å². The van der Waals surface area contributed by atoms with Crippen molar-refractivity contribution in [3.63, 3.8) is 0 Å². The summed E-state index contributed by atoms with van der Waals surface area (Å²) in [5.41, 5.74) is 1.98. The summed E-state index contributed by atoms with van der Waals surface area (Å²) in [6, 6.07) is 15.7. The monoisotopic (exact) mass is 319 g/mol. The van der Waals surface area contributed by atoms with Gasteiger partial charge in [-0.2, -0.15) is 0 Å². The molecule has 0 unspecified atom stereocenters. The minimum Gasteiger partial charge on any atom is -0.380 e. The molecule has 2 aromatic rings. The molecule has 0 bridgehead atoms. The van der Waals surface area contributed by atoms with Crippen molar-refractivity contribution in [3.8, 4) is 0 Å². The average molecular weight is 320 g/mol. The van der Waals surface area contributed by atoms with Gasteiger partial charge in [0.05, 0.1) is 5.69 Å². The van der Waals surface area contributed by atoms with Gasteiger partial charge < -0.3 is 5.32 Å². The summed E-state index contributed by atoms with van der Waals surface area (Å²) in [5.74, 6) is 0.423. The molecule has 0 saturated heterocycles. The molecule has 1 nitrogen and oxygen atoms in total. The predicted octanol–water partition coefficient (Wildman–Crippen LogP) is 4.95. The van der Waals surface area contributed by atoms with Crippen LogP contribution < -0.4 is 5.32 Å². The smallest absolute Gasteiger partial charge is 0.146 e. The van der Waals surface area contributed by atoms with E-state index in [0.717, 1.165) is 17.3 Å². The van der Waals surface area contributed by atoms with Crippen molar-refractivity contribution in [2.24, 2.45) is 0 Å². The number of para-hydroxylation sites is 1. The molecule has 0 aliphatic heterocycles. The summed E-state index contributed by atoms with van der Waals surface area (Å²) in [4.78, 5) is 0. The van der Waals surface area contributed by atoms with E-state index in [9.17, 15) is 4.39 Å². The fourth-order valence-corrected chi connectivity index (χ4v) is 2.81. The van der Waals surface area contributed by atoms with Gasteiger partial charge in [-0.05, 0) is 48.6 Å². The average Bonchev–Trinajstić information content (AvgIpc) is 2.37. The Morgan fingerprint density at radius 3 is 2.37 bits per heavy atom. The Morgan fingerprint density at radius 2 is 1.68 bits per heavy atom. The van der Waals surface area contributed by atoms with Crippen LogP contribution in [-0.4, -0.2) is 6.04 Å². The van der Waals surface area contributed by atoms with Gasteiger partial charge in [-0.1, -0.05) is 40.2 Å². The number of rotatable bonds is 3. The molecule has 0 amide bonds. The SMILES string of the molecule is Fc1ccccc1NC1CC(c2ccc(Br)cc2)C1. The van der Waals surface area contributed by atoms with Crippen LogP contribution in [0.4, 0.5) is 10.1 Å². The van der Waals surface area contributed by atoms with E-state index in [2.05, 4.69) is 45.5 Å². The van der Waals surface area contributed by atoms with E-state index in [1.165, 1.54) is 11.6 Å². The van der Waals surface area contributed by atoms with Gasteiger partial charge in [0.1, 0.15) is 5.82 Å². The Balaban J connectivity index is 1.58. The number of benzene rings is 2. The van der Waals surface area contributed by atoms with E-state index >= 15 is 0 Å². The maximum Gasteiger partial charge on any atom is 0.146 e. The quantitative estimate of drug-likeness (QED) is 0.844. The molecule has 19 heavy (non-hydrogen) atoms. The number of nitrogens with one attached hydrogen (secondary N) is 1. The molecular weight excluding hydrogens is 305 g/mol. The highest BCUT2D eigenvalue weighted by atomic mass is 79.9. The molecule has 2 aromatic carbocycles. The van der Waals surface area contributed by atoms with Crippen LogP contribution in [0.3, 0.4) is 0 Å². The Kier molecular flexibility index (Phi) is 3.56. The van der Waals surface area contributed by atoms with Gasteiger partial charge >= 0.3 is 0 Å². The second-order valence-electron chi connectivity index (χ2n) is 5.04. The van der Waals surface area contributed by atoms with Crippen molar-refractivity contribution < 1.29 is 4.39 Å². The molecule has 1 fully saturated rings. The Morgan fingerprint density at radius 1 is 1.00 bits per heavy atom. The van der Waals surface area contributed by atoms with Gasteiger partial charge in [-0.15, -0.1) is 0 Å². The van der Waals surface area contributed by atoms with Crippen molar-refractivity contribution in [2.75, 3.05) is 5.32 Å². The van der Waals surface area contributed by atoms with Crippen molar-refractivity contribution in [1.82, 2.24) is 0 Å². The fraction of sp³-hybridized carbons (Fsp3) is 0.250. The first-order chi connectivity index (χ1) is 9.22. The third kappa shape index (κ3) is 2.81. The highest BCUT2D eigenvalue weighted by molar-refractivity contribution is 9.10. The molecule has 0 spiro atoms. The van der Waals surface area contributed by atoms with Crippen LogP contribution >= 0.6 is 15.9 Å². The van der Waals surface area contributed by atoms with E-state index in [4.69, 9.17) is 0 Å². The molecule has 3 heteroatoms. The summed E-state index contributed by atoms with van der Waals surface area (Å²) < 4.78 is 14.6. The number of halogens is 2. The lowest BCUT2D eigenvalue weighted by atomic mass is 9.76. The third-order valence-electron chi connectivity index (χ3n) is 3.71. The third-order valence-corrected chi connectivity index (χ3v) is 4.24. The van der Waals surface area contributed by atoms with Crippen LogP contribution in [0.15, 0.2) is 53.0 Å². The summed E-state index contributed by atoms with van der Waals surface area (Å²) in [5, 5.41) is 3.27. The maximum absolute atomic E-state index is 13.5. The molecule has 0 atom stereocenters. The lowest BCUT2D eigenvalue weighted by Crippen LogP contribution is -2.34. The lowest BCUT2D eigenvalue weighted by molar-refractivity contribution is 0.373. The predicted molar refractivity (Wildman–Crippen MR) is 79.9 cm³/mol. The molecule has 0 aromatic heterocycles. The second-order valence-corrected chi connectivity index (χ2v) is 5.96. The van der Waals surface area contributed by atoms with E-state index in [1.807, 2.05) is 6.07 Å². The van der Waals surface area contributed by atoms with Gasteiger partial charge in [-0.25, -0.2) is 4.39 Å². The number of hydrogen-bond acceptors (Lipinski definition) is 1. The zero-order valence-corrected chi connectivity index (χ0v) is 12.0. The van der Waals surface area contributed by atoms with Crippen LogP contribution in [0.1, 0.15) is 24.3 Å². The molecule has 3 rings (SSSR count).